The maximum atomic E-state index is 6.21. The van der Waals surface area contributed by atoms with Crippen molar-refractivity contribution in [3.8, 4) is 11.4 Å². The van der Waals surface area contributed by atoms with Gasteiger partial charge >= 0.3 is 0 Å². The Morgan fingerprint density at radius 1 is 1.04 bits per heavy atom. The predicted octanol–water partition coefficient (Wildman–Crippen LogP) is 5.39. The van der Waals surface area contributed by atoms with Crippen LogP contribution in [0.2, 0.25) is 10.0 Å². The van der Waals surface area contributed by atoms with E-state index < -0.39 is 0 Å². The molecule has 0 atom stereocenters. The van der Waals surface area contributed by atoms with Crippen molar-refractivity contribution in [3.05, 3.63) is 63.6 Å². The van der Waals surface area contributed by atoms with Gasteiger partial charge in [0.1, 0.15) is 0 Å². The quantitative estimate of drug-likeness (QED) is 0.582. The van der Waals surface area contributed by atoms with Crippen LogP contribution in [0.5, 0.6) is 0 Å². The van der Waals surface area contributed by atoms with E-state index in [1.807, 2.05) is 41.9 Å². The van der Waals surface area contributed by atoms with E-state index >= 15 is 0 Å². The number of aromatic nitrogens is 3. The lowest BCUT2D eigenvalue weighted by atomic mass is 10.1. The Hall–Kier alpha value is -1.49. The Morgan fingerprint density at radius 2 is 1.74 bits per heavy atom. The van der Waals surface area contributed by atoms with Crippen molar-refractivity contribution >= 4 is 35.0 Å². The summed E-state index contributed by atoms with van der Waals surface area (Å²) in [6.07, 6.45) is 0. The van der Waals surface area contributed by atoms with Gasteiger partial charge in [-0.3, -0.25) is 0 Å². The highest BCUT2D eigenvalue weighted by Crippen LogP contribution is 2.31. The van der Waals surface area contributed by atoms with E-state index in [1.165, 1.54) is 5.56 Å². The Balaban J connectivity index is 1.83. The van der Waals surface area contributed by atoms with Gasteiger partial charge < -0.3 is 4.57 Å². The summed E-state index contributed by atoms with van der Waals surface area (Å²) in [6, 6.07) is 13.8. The molecule has 6 heteroatoms. The first kappa shape index (κ1) is 16.4. The molecule has 2 aromatic carbocycles. The van der Waals surface area contributed by atoms with E-state index in [9.17, 15) is 0 Å². The minimum absolute atomic E-state index is 0.651. The predicted molar refractivity (Wildman–Crippen MR) is 97.2 cm³/mol. The van der Waals surface area contributed by atoms with Gasteiger partial charge in [0.15, 0.2) is 11.0 Å². The highest BCUT2D eigenvalue weighted by molar-refractivity contribution is 7.98. The van der Waals surface area contributed by atoms with Gasteiger partial charge in [-0.1, -0.05) is 64.8 Å². The highest BCUT2D eigenvalue weighted by Gasteiger charge is 2.13. The van der Waals surface area contributed by atoms with E-state index in [2.05, 4.69) is 29.3 Å². The Morgan fingerprint density at radius 3 is 2.43 bits per heavy atom. The van der Waals surface area contributed by atoms with Crippen LogP contribution in [0.15, 0.2) is 47.6 Å². The van der Waals surface area contributed by atoms with Crippen LogP contribution in [0.1, 0.15) is 11.1 Å². The normalized spacial score (nSPS) is 11.0. The molecule has 0 aliphatic heterocycles. The van der Waals surface area contributed by atoms with Crippen molar-refractivity contribution in [2.45, 2.75) is 17.8 Å². The SMILES string of the molecule is Cc1cccc(-c2nnc(SCc3c(Cl)cccc3Cl)n2C)c1. The summed E-state index contributed by atoms with van der Waals surface area (Å²) in [5.74, 6) is 1.50. The minimum Gasteiger partial charge on any atom is -0.305 e. The molecule has 0 bridgehead atoms. The highest BCUT2D eigenvalue weighted by atomic mass is 35.5. The third-order valence-electron chi connectivity index (χ3n) is 3.52. The number of nitrogens with zero attached hydrogens (tertiary/aromatic N) is 3. The molecular weight excluding hydrogens is 349 g/mol. The molecule has 0 unspecified atom stereocenters. The van der Waals surface area contributed by atoms with Crippen molar-refractivity contribution < 1.29 is 0 Å². The molecule has 1 heterocycles. The van der Waals surface area contributed by atoms with E-state index in [4.69, 9.17) is 23.2 Å². The summed E-state index contributed by atoms with van der Waals surface area (Å²) < 4.78 is 1.99. The number of hydrogen-bond donors (Lipinski definition) is 0. The van der Waals surface area contributed by atoms with Crippen molar-refractivity contribution in [2.24, 2.45) is 7.05 Å². The standard InChI is InChI=1S/C17H15Cl2N3S/c1-11-5-3-6-12(9-11)16-20-21-17(22(16)2)23-10-13-14(18)7-4-8-15(13)19/h3-9H,10H2,1-2H3. The van der Waals surface area contributed by atoms with Gasteiger partial charge in [0, 0.05) is 28.4 Å². The first-order chi connectivity index (χ1) is 11.1. The second kappa shape index (κ2) is 6.95. The van der Waals surface area contributed by atoms with Gasteiger partial charge in [-0.05, 0) is 30.7 Å². The lowest BCUT2D eigenvalue weighted by molar-refractivity contribution is 0.794. The van der Waals surface area contributed by atoms with E-state index in [0.29, 0.717) is 15.8 Å². The first-order valence-corrected chi connectivity index (χ1v) is 8.82. The average Bonchev–Trinajstić information content (AvgIpc) is 2.88. The third kappa shape index (κ3) is 3.55. The smallest absolute Gasteiger partial charge is 0.191 e. The van der Waals surface area contributed by atoms with Crippen LogP contribution in [0.4, 0.5) is 0 Å². The first-order valence-electron chi connectivity index (χ1n) is 7.08. The van der Waals surface area contributed by atoms with Gasteiger partial charge in [0.05, 0.1) is 0 Å². The molecule has 0 amide bonds. The molecule has 0 fully saturated rings. The van der Waals surface area contributed by atoms with Crippen molar-refractivity contribution in [2.75, 3.05) is 0 Å². The largest absolute Gasteiger partial charge is 0.305 e. The summed E-state index contributed by atoms with van der Waals surface area (Å²) in [6.45, 7) is 2.06. The molecule has 0 aliphatic rings. The van der Waals surface area contributed by atoms with Crippen LogP contribution in [0, 0.1) is 6.92 Å². The zero-order valence-electron chi connectivity index (χ0n) is 12.8. The van der Waals surface area contributed by atoms with Crippen LogP contribution in [0.25, 0.3) is 11.4 Å². The molecule has 23 heavy (non-hydrogen) atoms. The second-order valence-corrected chi connectivity index (χ2v) is 6.98. The minimum atomic E-state index is 0.651. The van der Waals surface area contributed by atoms with Crippen molar-refractivity contribution in [1.29, 1.82) is 0 Å². The van der Waals surface area contributed by atoms with E-state index in [0.717, 1.165) is 22.1 Å². The molecule has 0 saturated heterocycles. The fourth-order valence-electron chi connectivity index (χ4n) is 2.28. The Kier molecular flexibility index (Phi) is 4.95. The van der Waals surface area contributed by atoms with Gasteiger partial charge in [0.2, 0.25) is 0 Å². The zero-order chi connectivity index (χ0) is 16.4. The average molecular weight is 364 g/mol. The van der Waals surface area contributed by atoms with Crippen LogP contribution < -0.4 is 0 Å². The number of rotatable bonds is 4. The van der Waals surface area contributed by atoms with Gasteiger partial charge in [-0.25, -0.2) is 0 Å². The molecule has 3 rings (SSSR count). The third-order valence-corrected chi connectivity index (χ3v) is 5.27. The molecule has 0 saturated carbocycles. The molecule has 0 spiro atoms. The van der Waals surface area contributed by atoms with Gasteiger partial charge in [0.25, 0.3) is 0 Å². The molecule has 3 aromatic rings. The summed E-state index contributed by atoms with van der Waals surface area (Å²) >= 11 is 14.0. The number of aryl methyl sites for hydroxylation is 1. The fraction of sp³-hybridized carbons (Fsp3) is 0.176. The second-order valence-electron chi connectivity index (χ2n) is 5.22. The molecule has 1 aromatic heterocycles. The Bertz CT molecular complexity index is 825. The lowest BCUT2D eigenvalue weighted by Gasteiger charge is -2.07. The summed E-state index contributed by atoms with van der Waals surface area (Å²) in [5, 5.41) is 10.8. The molecule has 3 nitrogen and oxygen atoms in total. The summed E-state index contributed by atoms with van der Waals surface area (Å²) in [7, 11) is 1.97. The molecule has 0 N–H and O–H groups in total. The van der Waals surface area contributed by atoms with Crippen molar-refractivity contribution in [3.63, 3.8) is 0 Å². The summed E-state index contributed by atoms with van der Waals surface area (Å²) in [5.41, 5.74) is 3.17. The zero-order valence-corrected chi connectivity index (χ0v) is 15.1. The molecular formula is C17H15Cl2N3S. The van der Waals surface area contributed by atoms with Crippen LogP contribution in [0.3, 0.4) is 0 Å². The van der Waals surface area contributed by atoms with Crippen LogP contribution >= 0.6 is 35.0 Å². The van der Waals surface area contributed by atoms with Crippen LogP contribution in [-0.2, 0) is 12.8 Å². The maximum Gasteiger partial charge on any atom is 0.191 e. The van der Waals surface area contributed by atoms with Crippen molar-refractivity contribution in [1.82, 2.24) is 14.8 Å². The topological polar surface area (TPSA) is 30.7 Å². The number of benzene rings is 2. The molecule has 118 valence electrons. The van der Waals surface area contributed by atoms with Crippen LogP contribution in [-0.4, -0.2) is 14.8 Å². The summed E-state index contributed by atoms with van der Waals surface area (Å²) in [4.78, 5) is 0. The maximum absolute atomic E-state index is 6.21. The lowest BCUT2D eigenvalue weighted by Crippen LogP contribution is -1.95. The van der Waals surface area contributed by atoms with E-state index in [1.54, 1.807) is 11.8 Å². The molecule has 0 radical (unpaired) electrons. The van der Waals surface area contributed by atoms with E-state index in [-0.39, 0.29) is 0 Å². The fourth-order valence-corrected chi connectivity index (χ4v) is 3.94. The van der Waals surface area contributed by atoms with Gasteiger partial charge in [-0.2, -0.15) is 0 Å². The Labute approximate surface area is 149 Å². The van der Waals surface area contributed by atoms with Gasteiger partial charge in [-0.15, -0.1) is 10.2 Å². The number of halogens is 2. The monoisotopic (exact) mass is 363 g/mol. The molecule has 0 aliphatic carbocycles. The number of thioether (sulfide) groups is 1. The number of hydrogen-bond acceptors (Lipinski definition) is 3.